The van der Waals surface area contributed by atoms with E-state index in [0.29, 0.717) is 12.2 Å². The first kappa shape index (κ1) is 35.0. The van der Waals surface area contributed by atoms with E-state index >= 15 is 0 Å². The number of hydrogen-bond donors (Lipinski definition) is 1. The van der Waals surface area contributed by atoms with Crippen LogP contribution in [0.4, 0.5) is 5.69 Å². The maximum Gasteiger partial charge on any atom is 0.264 e. The van der Waals surface area contributed by atoms with Gasteiger partial charge in [0, 0.05) is 25.1 Å². The molecule has 0 heterocycles. The van der Waals surface area contributed by atoms with Crippen molar-refractivity contribution in [1.29, 1.82) is 0 Å². The fourth-order valence-corrected chi connectivity index (χ4v) is 6.66. The standard InChI is InChI=1S/C37H43N3O6S/c1-6-28(3)38-37(42)34(23-29-15-9-7-10-16-29)39(25-30-17-13-14-27(2)22-30)36(41)26-40(47(43,44)32-18-11-8-12-19-32)33-24-31(45-4)20-21-35(33)46-5/h7-22,24,28,34H,6,23,25-26H2,1-5H3,(H,38,42)/t28-,34+/m1/s1. The third-order valence-corrected chi connectivity index (χ3v) is 9.75. The van der Waals surface area contributed by atoms with Gasteiger partial charge in [-0.05, 0) is 55.7 Å². The Labute approximate surface area is 278 Å². The van der Waals surface area contributed by atoms with Gasteiger partial charge >= 0.3 is 0 Å². The molecule has 0 unspecified atom stereocenters. The number of aryl methyl sites for hydroxylation is 1. The summed E-state index contributed by atoms with van der Waals surface area (Å²) in [5.74, 6) is -0.261. The predicted octanol–water partition coefficient (Wildman–Crippen LogP) is 5.76. The van der Waals surface area contributed by atoms with E-state index in [4.69, 9.17) is 9.47 Å². The molecule has 4 rings (SSSR count). The second-order valence-corrected chi connectivity index (χ2v) is 13.3. The Morgan fingerprint density at radius 2 is 1.49 bits per heavy atom. The zero-order valence-corrected chi connectivity index (χ0v) is 28.4. The van der Waals surface area contributed by atoms with Gasteiger partial charge in [-0.15, -0.1) is 0 Å². The quantitative estimate of drug-likeness (QED) is 0.174. The predicted molar refractivity (Wildman–Crippen MR) is 184 cm³/mol. The van der Waals surface area contributed by atoms with Gasteiger partial charge in [-0.1, -0.05) is 85.3 Å². The van der Waals surface area contributed by atoms with E-state index in [1.54, 1.807) is 30.3 Å². The van der Waals surface area contributed by atoms with Crippen molar-refractivity contribution in [2.24, 2.45) is 0 Å². The lowest BCUT2D eigenvalue weighted by atomic mass is 10.0. The van der Waals surface area contributed by atoms with Crippen molar-refractivity contribution < 1.29 is 27.5 Å². The molecule has 2 amide bonds. The van der Waals surface area contributed by atoms with Gasteiger partial charge in [0.1, 0.15) is 24.1 Å². The second-order valence-electron chi connectivity index (χ2n) is 11.4. The Hall–Kier alpha value is -4.83. The number of carbonyl (C=O) groups is 2. The van der Waals surface area contributed by atoms with Crippen LogP contribution in [0.2, 0.25) is 0 Å². The Balaban J connectivity index is 1.86. The third-order valence-electron chi connectivity index (χ3n) is 7.97. The summed E-state index contributed by atoms with van der Waals surface area (Å²) in [5.41, 5.74) is 2.79. The number of methoxy groups -OCH3 is 2. The lowest BCUT2D eigenvalue weighted by molar-refractivity contribution is -0.140. The van der Waals surface area contributed by atoms with Crippen LogP contribution in [0.15, 0.2) is 108 Å². The first-order chi connectivity index (χ1) is 22.6. The molecule has 0 aliphatic rings. The molecule has 0 radical (unpaired) electrons. The van der Waals surface area contributed by atoms with Crippen LogP contribution in [0.1, 0.15) is 37.0 Å². The molecule has 4 aromatic rings. The molecule has 10 heteroatoms. The number of sulfonamides is 1. The van der Waals surface area contributed by atoms with Crippen molar-refractivity contribution in [3.63, 3.8) is 0 Å². The van der Waals surface area contributed by atoms with Gasteiger partial charge in [0.25, 0.3) is 10.0 Å². The minimum atomic E-state index is -4.30. The molecule has 47 heavy (non-hydrogen) atoms. The minimum Gasteiger partial charge on any atom is -0.497 e. The maximum atomic E-state index is 14.7. The van der Waals surface area contributed by atoms with Gasteiger partial charge in [-0.2, -0.15) is 0 Å². The highest BCUT2D eigenvalue weighted by Gasteiger charge is 2.36. The minimum absolute atomic E-state index is 0.00161. The summed E-state index contributed by atoms with van der Waals surface area (Å²) >= 11 is 0. The normalized spacial score (nSPS) is 12.4. The molecule has 0 aliphatic heterocycles. The van der Waals surface area contributed by atoms with E-state index in [-0.39, 0.29) is 41.2 Å². The molecular formula is C37H43N3O6S. The van der Waals surface area contributed by atoms with E-state index in [2.05, 4.69) is 5.32 Å². The topological polar surface area (TPSA) is 105 Å². The van der Waals surface area contributed by atoms with Crippen molar-refractivity contribution in [3.8, 4) is 11.5 Å². The molecule has 0 bridgehead atoms. The molecule has 2 atom stereocenters. The molecular weight excluding hydrogens is 614 g/mol. The highest BCUT2D eigenvalue weighted by Crippen LogP contribution is 2.36. The molecule has 4 aromatic carbocycles. The SMILES string of the molecule is CC[C@@H](C)NC(=O)[C@H](Cc1ccccc1)N(Cc1cccc(C)c1)C(=O)CN(c1cc(OC)ccc1OC)S(=O)(=O)c1ccccc1. The molecule has 248 valence electrons. The van der Waals surface area contributed by atoms with Crippen molar-refractivity contribution in [1.82, 2.24) is 10.2 Å². The van der Waals surface area contributed by atoms with E-state index in [9.17, 15) is 18.0 Å². The summed E-state index contributed by atoms with van der Waals surface area (Å²) in [5, 5.41) is 3.06. The molecule has 9 nitrogen and oxygen atoms in total. The van der Waals surface area contributed by atoms with E-state index in [0.717, 1.165) is 21.0 Å². The Kier molecular flexibility index (Phi) is 12.0. The zero-order chi connectivity index (χ0) is 34.0. The lowest BCUT2D eigenvalue weighted by Gasteiger charge is -2.34. The van der Waals surface area contributed by atoms with Crippen LogP contribution in [0, 0.1) is 6.92 Å². The second kappa shape index (κ2) is 16.1. The number of benzene rings is 4. The molecule has 0 saturated heterocycles. The molecule has 0 saturated carbocycles. The highest BCUT2D eigenvalue weighted by atomic mass is 32.2. The number of rotatable bonds is 15. The lowest BCUT2D eigenvalue weighted by Crippen LogP contribution is -2.54. The average Bonchev–Trinajstić information content (AvgIpc) is 3.09. The summed E-state index contributed by atoms with van der Waals surface area (Å²) in [7, 11) is -1.40. The summed E-state index contributed by atoms with van der Waals surface area (Å²) in [6.45, 7) is 5.32. The molecule has 0 aromatic heterocycles. The molecule has 0 spiro atoms. The number of amides is 2. The van der Waals surface area contributed by atoms with Crippen LogP contribution >= 0.6 is 0 Å². The number of anilines is 1. The summed E-state index contributed by atoms with van der Waals surface area (Å²) in [6, 6.07) is 28.8. The molecule has 0 fully saturated rings. The molecule has 0 aliphatic carbocycles. The average molecular weight is 658 g/mol. The number of carbonyl (C=O) groups excluding carboxylic acids is 2. The van der Waals surface area contributed by atoms with Crippen LogP contribution < -0.4 is 19.1 Å². The Morgan fingerprint density at radius 3 is 2.11 bits per heavy atom. The number of nitrogens with zero attached hydrogens (tertiary/aromatic N) is 2. The van der Waals surface area contributed by atoms with Crippen LogP contribution in [-0.2, 0) is 32.6 Å². The van der Waals surface area contributed by atoms with Crippen LogP contribution in [0.25, 0.3) is 0 Å². The van der Waals surface area contributed by atoms with Gasteiger partial charge in [-0.25, -0.2) is 8.42 Å². The number of nitrogens with one attached hydrogen (secondary N) is 1. The highest BCUT2D eigenvalue weighted by molar-refractivity contribution is 7.92. The van der Waals surface area contributed by atoms with Crippen molar-refractivity contribution >= 4 is 27.5 Å². The summed E-state index contributed by atoms with van der Waals surface area (Å²) < 4.78 is 40.7. The maximum absolute atomic E-state index is 14.7. The number of hydrogen-bond acceptors (Lipinski definition) is 6. The monoisotopic (exact) mass is 657 g/mol. The Morgan fingerprint density at radius 1 is 0.830 bits per heavy atom. The third kappa shape index (κ3) is 8.92. The fraction of sp³-hybridized carbons (Fsp3) is 0.297. The van der Waals surface area contributed by atoms with Crippen molar-refractivity contribution in [2.75, 3.05) is 25.1 Å². The first-order valence-corrected chi connectivity index (χ1v) is 17.0. The van der Waals surface area contributed by atoms with Gasteiger partial charge in [0.05, 0.1) is 24.8 Å². The summed E-state index contributed by atoms with van der Waals surface area (Å²) in [4.78, 5) is 30.2. The van der Waals surface area contributed by atoms with Crippen LogP contribution in [-0.4, -0.2) is 58.0 Å². The first-order valence-electron chi connectivity index (χ1n) is 15.6. The van der Waals surface area contributed by atoms with E-state index in [1.165, 1.54) is 37.3 Å². The van der Waals surface area contributed by atoms with Crippen molar-refractivity contribution in [2.45, 2.75) is 57.1 Å². The van der Waals surface area contributed by atoms with E-state index < -0.39 is 28.5 Å². The van der Waals surface area contributed by atoms with Gasteiger partial charge in [-0.3, -0.25) is 13.9 Å². The van der Waals surface area contributed by atoms with Gasteiger partial charge in [0.2, 0.25) is 11.8 Å². The summed E-state index contributed by atoms with van der Waals surface area (Å²) in [6.07, 6.45) is 0.933. The Bertz CT molecular complexity index is 1750. The largest absolute Gasteiger partial charge is 0.497 e. The zero-order valence-electron chi connectivity index (χ0n) is 27.6. The smallest absolute Gasteiger partial charge is 0.264 e. The van der Waals surface area contributed by atoms with Gasteiger partial charge in [0.15, 0.2) is 0 Å². The van der Waals surface area contributed by atoms with Crippen molar-refractivity contribution in [3.05, 3.63) is 120 Å². The van der Waals surface area contributed by atoms with Crippen LogP contribution in [0.3, 0.4) is 0 Å². The van der Waals surface area contributed by atoms with E-state index in [1.807, 2.05) is 75.4 Å². The van der Waals surface area contributed by atoms with Crippen LogP contribution in [0.5, 0.6) is 11.5 Å². The molecule has 1 N–H and O–H groups in total. The fourth-order valence-electron chi connectivity index (χ4n) is 5.23. The van der Waals surface area contributed by atoms with Gasteiger partial charge < -0.3 is 19.7 Å². The number of ether oxygens (including phenoxy) is 2.